The van der Waals surface area contributed by atoms with E-state index < -0.39 is 0 Å². The minimum atomic E-state index is 0.0873. The van der Waals surface area contributed by atoms with Crippen LogP contribution in [0.2, 0.25) is 0 Å². The van der Waals surface area contributed by atoms with Gasteiger partial charge in [0, 0.05) is 23.0 Å². The van der Waals surface area contributed by atoms with E-state index in [1.54, 1.807) is 12.3 Å². The second kappa shape index (κ2) is 6.22. The summed E-state index contributed by atoms with van der Waals surface area (Å²) in [7, 11) is 0. The normalized spacial score (nSPS) is 14.2. The lowest BCUT2D eigenvalue weighted by atomic mass is 10.2. The Balaban J connectivity index is 1.45. The molecule has 0 atom stereocenters. The minimum Gasteiger partial charge on any atom is -0.469 e. The molecular formula is C18H19N3O3S. The number of carbonyl (C=O) groups is 1. The van der Waals surface area contributed by atoms with Crippen LogP contribution < -0.4 is 0 Å². The maximum Gasteiger partial charge on any atom is 0.277 e. The largest absolute Gasteiger partial charge is 0.469 e. The van der Waals surface area contributed by atoms with Crippen molar-refractivity contribution in [2.75, 3.05) is 5.75 Å². The Labute approximate surface area is 149 Å². The number of aromatic nitrogens is 3. The number of nitrogens with zero attached hydrogens (tertiary/aromatic N) is 3. The quantitative estimate of drug-likeness (QED) is 0.482. The molecule has 0 unspecified atom stereocenters. The molecule has 3 heterocycles. The molecule has 130 valence electrons. The Morgan fingerprint density at radius 3 is 2.80 bits per heavy atom. The Kier molecular flexibility index (Phi) is 4.03. The SMILES string of the molecule is Cc1occc1-c1nnc(SCC(=O)c2cc(C)n(C3CC3)c2C)o1. The number of rotatable bonds is 6. The van der Waals surface area contributed by atoms with Crippen LogP contribution in [0, 0.1) is 20.8 Å². The summed E-state index contributed by atoms with van der Waals surface area (Å²) < 4.78 is 13.2. The summed E-state index contributed by atoms with van der Waals surface area (Å²) in [5.41, 5.74) is 3.79. The molecule has 1 aliphatic rings. The Morgan fingerprint density at radius 1 is 1.32 bits per heavy atom. The van der Waals surface area contributed by atoms with E-state index in [9.17, 15) is 4.79 Å². The highest BCUT2D eigenvalue weighted by atomic mass is 32.2. The predicted octanol–water partition coefficient (Wildman–Crippen LogP) is 4.37. The van der Waals surface area contributed by atoms with Gasteiger partial charge in [-0.25, -0.2) is 0 Å². The van der Waals surface area contributed by atoms with E-state index in [1.165, 1.54) is 24.6 Å². The van der Waals surface area contributed by atoms with E-state index in [-0.39, 0.29) is 11.5 Å². The van der Waals surface area contributed by atoms with Gasteiger partial charge in [0.1, 0.15) is 5.76 Å². The summed E-state index contributed by atoms with van der Waals surface area (Å²) in [4.78, 5) is 12.6. The van der Waals surface area contributed by atoms with E-state index in [0.29, 0.717) is 17.2 Å². The second-order valence-corrected chi connectivity index (χ2v) is 7.29. The number of aryl methyl sites for hydroxylation is 2. The first-order valence-corrected chi connectivity index (χ1v) is 9.25. The molecule has 0 saturated heterocycles. The third-order valence-electron chi connectivity index (χ3n) is 4.52. The fourth-order valence-electron chi connectivity index (χ4n) is 3.14. The average Bonchev–Trinajstić information content (AvgIpc) is 3.01. The maximum absolute atomic E-state index is 12.6. The molecule has 3 aromatic rings. The number of hydrogen-bond acceptors (Lipinski definition) is 6. The van der Waals surface area contributed by atoms with Crippen molar-refractivity contribution in [3.63, 3.8) is 0 Å². The highest BCUT2D eigenvalue weighted by Crippen LogP contribution is 2.38. The van der Waals surface area contributed by atoms with Crippen molar-refractivity contribution >= 4 is 17.5 Å². The molecule has 0 aliphatic heterocycles. The summed E-state index contributed by atoms with van der Waals surface area (Å²) in [6, 6.07) is 4.35. The predicted molar refractivity (Wildman–Crippen MR) is 94.0 cm³/mol. The molecule has 25 heavy (non-hydrogen) atoms. The summed E-state index contributed by atoms with van der Waals surface area (Å²) in [6.45, 7) is 5.92. The fraction of sp³-hybridized carbons (Fsp3) is 0.389. The van der Waals surface area contributed by atoms with Gasteiger partial charge in [0.2, 0.25) is 0 Å². The number of furan rings is 1. The molecule has 3 aromatic heterocycles. The molecule has 0 amide bonds. The zero-order chi connectivity index (χ0) is 17.6. The number of hydrogen-bond donors (Lipinski definition) is 0. The second-order valence-electron chi connectivity index (χ2n) is 6.36. The van der Waals surface area contributed by atoms with E-state index in [4.69, 9.17) is 8.83 Å². The fourth-order valence-corrected chi connectivity index (χ4v) is 3.79. The first-order chi connectivity index (χ1) is 12.0. The molecule has 7 heteroatoms. The Bertz CT molecular complexity index is 933. The molecule has 0 spiro atoms. The van der Waals surface area contributed by atoms with Gasteiger partial charge in [0.25, 0.3) is 11.1 Å². The van der Waals surface area contributed by atoms with Crippen molar-refractivity contribution < 1.29 is 13.6 Å². The molecule has 0 aromatic carbocycles. The van der Waals surface area contributed by atoms with Crippen LogP contribution in [0.25, 0.3) is 11.5 Å². The molecule has 1 fully saturated rings. The summed E-state index contributed by atoms with van der Waals surface area (Å²) in [6.07, 6.45) is 3.99. The van der Waals surface area contributed by atoms with Gasteiger partial charge in [-0.05, 0) is 45.7 Å². The van der Waals surface area contributed by atoms with Crippen molar-refractivity contribution in [1.29, 1.82) is 0 Å². The first kappa shape index (κ1) is 16.2. The van der Waals surface area contributed by atoms with Gasteiger partial charge in [0.15, 0.2) is 5.78 Å². The average molecular weight is 357 g/mol. The van der Waals surface area contributed by atoms with Gasteiger partial charge in [-0.1, -0.05) is 11.8 Å². The number of Topliss-reactive ketones (excluding diaryl/α,β-unsaturated/α-hetero) is 1. The van der Waals surface area contributed by atoms with Gasteiger partial charge in [-0.3, -0.25) is 4.79 Å². The molecule has 1 aliphatic carbocycles. The van der Waals surface area contributed by atoms with E-state index in [0.717, 1.165) is 28.3 Å². The third kappa shape index (κ3) is 3.04. The first-order valence-electron chi connectivity index (χ1n) is 8.27. The van der Waals surface area contributed by atoms with Crippen molar-refractivity contribution in [2.45, 2.75) is 44.9 Å². The van der Waals surface area contributed by atoms with Gasteiger partial charge in [-0.15, -0.1) is 10.2 Å². The number of ketones is 1. The lowest BCUT2D eigenvalue weighted by molar-refractivity contribution is 0.102. The third-order valence-corrected chi connectivity index (χ3v) is 5.34. The van der Waals surface area contributed by atoms with Crippen LogP contribution >= 0.6 is 11.8 Å². The van der Waals surface area contributed by atoms with Crippen LogP contribution in [0.1, 0.15) is 46.4 Å². The van der Waals surface area contributed by atoms with E-state index in [1.807, 2.05) is 19.9 Å². The zero-order valence-electron chi connectivity index (χ0n) is 14.4. The van der Waals surface area contributed by atoms with E-state index in [2.05, 4.69) is 21.7 Å². The molecule has 1 saturated carbocycles. The van der Waals surface area contributed by atoms with Gasteiger partial charge < -0.3 is 13.4 Å². The zero-order valence-corrected chi connectivity index (χ0v) is 15.2. The molecule has 0 bridgehead atoms. The minimum absolute atomic E-state index is 0.0873. The summed E-state index contributed by atoms with van der Waals surface area (Å²) in [5, 5.41) is 8.42. The lowest BCUT2D eigenvalue weighted by Gasteiger charge is -2.07. The Morgan fingerprint density at radius 2 is 2.12 bits per heavy atom. The van der Waals surface area contributed by atoms with Crippen LogP contribution in [-0.2, 0) is 0 Å². The summed E-state index contributed by atoms with van der Waals surface area (Å²) >= 11 is 1.27. The van der Waals surface area contributed by atoms with Crippen LogP contribution in [-0.4, -0.2) is 26.3 Å². The van der Waals surface area contributed by atoms with Gasteiger partial charge >= 0.3 is 0 Å². The smallest absolute Gasteiger partial charge is 0.277 e. The van der Waals surface area contributed by atoms with E-state index >= 15 is 0 Å². The van der Waals surface area contributed by atoms with Crippen LogP contribution in [0.4, 0.5) is 0 Å². The monoisotopic (exact) mass is 357 g/mol. The standard InChI is InChI=1S/C18H19N3O3S/c1-10-8-15(11(2)21(10)13-4-5-13)16(22)9-25-18-20-19-17(24-18)14-6-7-23-12(14)3/h6-8,13H,4-5,9H2,1-3H3. The van der Waals surface area contributed by atoms with Gasteiger partial charge in [0.05, 0.1) is 17.6 Å². The van der Waals surface area contributed by atoms with Crippen molar-refractivity contribution in [3.05, 3.63) is 41.1 Å². The molecular weight excluding hydrogens is 338 g/mol. The number of carbonyl (C=O) groups excluding carboxylic acids is 1. The molecule has 6 nitrogen and oxygen atoms in total. The Hall–Kier alpha value is -2.28. The summed E-state index contributed by atoms with van der Waals surface area (Å²) in [5.74, 6) is 1.50. The lowest BCUT2D eigenvalue weighted by Crippen LogP contribution is -2.05. The topological polar surface area (TPSA) is 74.1 Å². The van der Waals surface area contributed by atoms with Crippen molar-refractivity contribution in [2.24, 2.45) is 0 Å². The molecule has 0 N–H and O–H groups in total. The highest BCUT2D eigenvalue weighted by Gasteiger charge is 2.28. The molecule has 0 radical (unpaired) electrons. The van der Waals surface area contributed by atoms with Crippen LogP contribution in [0.3, 0.4) is 0 Å². The highest BCUT2D eigenvalue weighted by molar-refractivity contribution is 7.99. The van der Waals surface area contributed by atoms with Crippen LogP contribution in [0.15, 0.2) is 32.5 Å². The van der Waals surface area contributed by atoms with Crippen molar-refractivity contribution in [3.8, 4) is 11.5 Å². The number of thioether (sulfide) groups is 1. The molecule has 4 rings (SSSR count). The van der Waals surface area contributed by atoms with Crippen LogP contribution in [0.5, 0.6) is 0 Å². The maximum atomic E-state index is 12.6. The van der Waals surface area contributed by atoms with Gasteiger partial charge in [-0.2, -0.15) is 0 Å². The van der Waals surface area contributed by atoms with Crippen molar-refractivity contribution in [1.82, 2.24) is 14.8 Å².